The summed E-state index contributed by atoms with van der Waals surface area (Å²) in [5.41, 5.74) is 0.292. The van der Waals surface area contributed by atoms with Crippen molar-refractivity contribution in [3.8, 4) is 0 Å². The monoisotopic (exact) mass is 215 g/mol. The van der Waals surface area contributed by atoms with Gasteiger partial charge in [-0.2, -0.15) is 0 Å². The van der Waals surface area contributed by atoms with E-state index in [1.165, 1.54) is 12.1 Å². The van der Waals surface area contributed by atoms with Gasteiger partial charge in [0.2, 0.25) is 0 Å². The molecular formula is C10H11ClFNO. The minimum atomic E-state index is -0.573. The Morgan fingerprint density at radius 2 is 2.29 bits per heavy atom. The van der Waals surface area contributed by atoms with Gasteiger partial charge in [-0.05, 0) is 24.6 Å². The fourth-order valence-electron chi connectivity index (χ4n) is 0.978. The minimum absolute atomic E-state index is 0.0250. The summed E-state index contributed by atoms with van der Waals surface area (Å²) in [6.45, 7) is 2.53. The number of amides is 1. The van der Waals surface area contributed by atoms with Gasteiger partial charge >= 0.3 is 0 Å². The van der Waals surface area contributed by atoms with Gasteiger partial charge in [-0.15, -0.1) is 0 Å². The van der Waals surface area contributed by atoms with Gasteiger partial charge in [-0.3, -0.25) is 4.79 Å². The van der Waals surface area contributed by atoms with E-state index in [9.17, 15) is 9.18 Å². The van der Waals surface area contributed by atoms with Gasteiger partial charge < -0.3 is 5.32 Å². The molecule has 1 amide bonds. The van der Waals surface area contributed by atoms with Crippen LogP contribution < -0.4 is 5.32 Å². The number of halogens is 2. The first-order valence-electron chi connectivity index (χ1n) is 4.38. The zero-order valence-corrected chi connectivity index (χ0v) is 8.57. The Hall–Kier alpha value is -1.09. The highest BCUT2D eigenvalue weighted by Gasteiger charge is 2.07. The Kier molecular flexibility index (Phi) is 3.89. The summed E-state index contributed by atoms with van der Waals surface area (Å²) >= 11 is 5.48. The van der Waals surface area contributed by atoms with Crippen molar-refractivity contribution >= 4 is 17.5 Å². The smallest absolute Gasteiger partial charge is 0.251 e. The molecule has 1 rings (SSSR count). The number of benzene rings is 1. The Morgan fingerprint density at radius 3 is 2.86 bits per heavy atom. The highest BCUT2D eigenvalue weighted by molar-refractivity contribution is 6.30. The molecule has 4 heteroatoms. The average molecular weight is 216 g/mol. The van der Waals surface area contributed by atoms with Gasteiger partial charge in [0.1, 0.15) is 5.82 Å². The molecule has 2 nitrogen and oxygen atoms in total. The summed E-state index contributed by atoms with van der Waals surface area (Å²) in [5, 5.41) is 2.67. The number of nitrogens with one attached hydrogen (secondary N) is 1. The van der Waals surface area contributed by atoms with Crippen LogP contribution in [0.1, 0.15) is 23.7 Å². The van der Waals surface area contributed by atoms with E-state index in [2.05, 4.69) is 5.32 Å². The molecule has 0 spiro atoms. The molecule has 0 fully saturated rings. The van der Waals surface area contributed by atoms with Crippen LogP contribution in [0.2, 0.25) is 5.02 Å². The summed E-state index contributed by atoms with van der Waals surface area (Å²) in [6.07, 6.45) is 0.849. The molecule has 0 aliphatic carbocycles. The van der Waals surface area contributed by atoms with Gasteiger partial charge in [0, 0.05) is 12.1 Å². The second-order valence-corrected chi connectivity index (χ2v) is 3.29. The van der Waals surface area contributed by atoms with Gasteiger partial charge in [-0.1, -0.05) is 18.5 Å². The Bertz CT molecular complexity index is 341. The van der Waals surface area contributed by atoms with Crippen molar-refractivity contribution in [3.05, 3.63) is 34.6 Å². The minimum Gasteiger partial charge on any atom is -0.352 e. The first-order chi connectivity index (χ1) is 6.65. The van der Waals surface area contributed by atoms with Crippen molar-refractivity contribution in [1.29, 1.82) is 0 Å². The first-order valence-corrected chi connectivity index (χ1v) is 4.76. The Balaban J connectivity index is 2.76. The lowest BCUT2D eigenvalue weighted by atomic mass is 10.2. The van der Waals surface area contributed by atoms with Crippen molar-refractivity contribution in [1.82, 2.24) is 5.32 Å². The van der Waals surface area contributed by atoms with E-state index in [1.807, 2.05) is 6.92 Å². The van der Waals surface area contributed by atoms with Crippen LogP contribution in [0.25, 0.3) is 0 Å². The predicted molar refractivity (Wildman–Crippen MR) is 54.0 cm³/mol. The van der Waals surface area contributed by atoms with Crippen molar-refractivity contribution in [3.63, 3.8) is 0 Å². The van der Waals surface area contributed by atoms with Gasteiger partial charge in [0.25, 0.3) is 5.91 Å². The van der Waals surface area contributed by atoms with E-state index in [0.29, 0.717) is 12.1 Å². The standard InChI is InChI=1S/C10H11ClFNO/c1-2-5-13-10(14)7-3-4-8(11)9(12)6-7/h3-4,6H,2,5H2,1H3,(H,13,14). The molecule has 0 aliphatic rings. The van der Waals surface area contributed by atoms with Crippen LogP contribution in [-0.4, -0.2) is 12.5 Å². The molecule has 1 aromatic rings. The maximum Gasteiger partial charge on any atom is 0.251 e. The summed E-state index contributed by atoms with van der Waals surface area (Å²) in [7, 11) is 0. The normalized spacial score (nSPS) is 9.93. The molecule has 14 heavy (non-hydrogen) atoms. The number of rotatable bonds is 3. The van der Waals surface area contributed by atoms with Crippen molar-refractivity contribution in [2.45, 2.75) is 13.3 Å². The van der Waals surface area contributed by atoms with Crippen molar-refractivity contribution in [2.24, 2.45) is 0 Å². The molecule has 0 saturated heterocycles. The maximum absolute atomic E-state index is 12.9. The SMILES string of the molecule is CCCNC(=O)c1ccc(Cl)c(F)c1. The molecule has 1 N–H and O–H groups in total. The molecule has 0 atom stereocenters. The van der Waals surface area contributed by atoms with Crippen LogP contribution in [0.4, 0.5) is 4.39 Å². The molecular weight excluding hydrogens is 205 g/mol. The highest BCUT2D eigenvalue weighted by atomic mass is 35.5. The van der Waals surface area contributed by atoms with E-state index in [4.69, 9.17) is 11.6 Å². The average Bonchev–Trinajstić information content (AvgIpc) is 2.18. The van der Waals surface area contributed by atoms with E-state index in [1.54, 1.807) is 0 Å². The summed E-state index contributed by atoms with van der Waals surface area (Å²) in [5.74, 6) is -0.849. The molecule has 0 saturated carbocycles. The molecule has 76 valence electrons. The molecule has 0 radical (unpaired) electrons. The van der Waals surface area contributed by atoms with Crippen molar-refractivity contribution < 1.29 is 9.18 Å². The summed E-state index contributed by atoms with van der Waals surface area (Å²) in [6, 6.07) is 4.00. The van der Waals surface area contributed by atoms with Crippen LogP contribution in [-0.2, 0) is 0 Å². The fraction of sp³-hybridized carbons (Fsp3) is 0.300. The Morgan fingerprint density at radius 1 is 1.57 bits per heavy atom. The van der Waals surface area contributed by atoms with Crippen LogP contribution in [0.3, 0.4) is 0 Å². The zero-order chi connectivity index (χ0) is 10.6. The molecule has 1 aromatic carbocycles. The predicted octanol–water partition coefficient (Wildman–Crippen LogP) is 2.62. The maximum atomic E-state index is 12.9. The quantitative estimate of drug-likeness (QED) is 0.825. The number of carbonyl (C=O) groups is 1. The van der Waals surface area contributed by atoms with Gasteiger partial charge in [-0.25, -0.2) is 4.39 Å². The zero-order valence-electron chi connectivity index (χ0n) is 7.81. The molecule has 0 heterocycles. The lowest BCUT2D eigenvalue weighted by Crippen LogP contribution is -2.23. The molecule has 0 aliphatic heterocycles. The second-order valence-electron chi connectivity index (χ2n) is 2.88. The van der Waals surface area contributed by atoms with E-state index in [0.717, 1.165) is 12.5 Å². The summed E-state index contributed by atoms with van der Waals surface area (Å²) in [4.78, 5) is 11.3. The molecule has 0 unspecified atom stereocenters. The van der Waals surface area contributed by atoms with E-state index < -0.39 is 5.82 Å². The van der Waals surface area contributed by atoms with Gasteiger partial charge in [0.05, 0.1) is 5.02 Å². The largest absolute Gasteiger partial charge is 0.352 e. The van der Waals surface area contributed by atoms with E-state index >= 15 is 0 Å². The first kappa shape index (κ1) is 11.0. The summed E-state index contributed by atoms with van der Waals surface area (Å²) < 4.78 is 12.9. The van der Waals surface area contributed by atoms with Crippen LogP contribution in [0.5, 0.6) is 0 Å². The third-order valence-corrected chi connectivity index (χ3v) is 2.02. The number of carbonyl (C=O) groups excluding carboxylic acids is 1. The number of hydrogen-bond donors (Lipinski definition) is 1. The third-order valence-electron chi connectivity index (χ3n) is 1.72. The molecule has 0 aromatic heterocycles. The van der Waals surface area contributed by atoms with E-state index in [-0.39, 0.29) is 10.9 Å². The number of hydrogen-bond acceptors (Lipinski definition) is 1. The molecule has 0 bridgehead atoms. The second kappa shape index (κ2) is 4.96. The highest BCUT2D eigenvalue weighted by Crippen LogP contribution is 2.15. The van der Waals surface area contributed by atoms with Gasteiger partial charge in [0.15, 0.2) is 0 Å². The lowest BCUT2D eigenvalue weighted by molar-refractivity contribution is 0.0953. The van der Waals surface area contributed by atoms with Crippen LogP contribution in [0, 0.1) is 5.82 Å². The Labute approximate surface area is 87.1 Å². The lowest BCUT2D eigenvalue weighted by Gasteiger charge is -2.03. The fourth-order valence-corrected chi connectivity index (χ4v) is 1.10. The topological polar surface area (TPSA) is 29.1 Å². The van der Waals surface area contributed by atoms with Crippen molar-refractivity contribution in [2.75, 3.05) is 6.54 Å². The van der Waals surface area contributed by atoms with Crippen LogP contribution >= 0.6 is 11.6 Å². The van der Waals surface area contributed by atoms with Crippen LogP contribution in [0.15, 0.2) is 18.2 Å². The third kappa shape index (κ3) is 2.70.